The van der Waals surface area contributed by atoms with Crippen molar-refractivity contribution in [3.63, 3.8) is 0 Å². The van der Waals surface area contributed by atoms with Gasteiger partial charge in [-0.1, -0.05) is 55.8 Å². The Labute approximate surface area is 185 Å². The second kappa shape index (κ2) is 8.96. The summed E-state index contributed by atoms with van der Waals surface area (Å²) in [4.78, 5) is 26.7. The number of nitrogens with zero attached hydrogens (tertiary/aromatic N) is 1. The molecule has 1 aliphatic rings. The first-order valence-corrected chi connectivity index (χ1v) is 10.8. The highest BCUT2D eigenvalue weighted by molar-refractivity contribution is 5.97. The summed E-state index contributed by atoms with van der Waals surface area (Å²) in [6.45, 7) is 10.3. The standard InChI is InChI=1S/C26H32N2O3/c1-6-15-26(18-29)27-19(2)16-28(26)17-20-11-13-21(14-12-20)22-9-7-8-10-23(22)24(30)31-25(3,4)5/h7-14,16,18,27H,6,15,17H2,1-5H3. The molecule has 0 saturated heterocycles. The summed E-state index contributed by atoms with van der Waals surface area (Å²) < 4.78 is 5.57. The number of carbonyl (C=O) groups is 2. The molecule has 31 heavy (non-hydrogen) atoms. The predicted octanol–water partition coefficient (Wildman–Crippen LogP) is 5.27. The summed E-state index contributed by atoms with van der Waals surface area (Å²) >= 11 is 0. The van der Waals surface area contributed by atoms with Gasteiger partial charge in [0.1, 0.15) is 5.60 Å². The van der Waals surface area contributed by atoms with Crippen LogP contribution in [0.25, 0.3) is 11.1 Å². The molecule has 0 aromatic heterocycles. The highest BCUT2D eigenvalue weighted by atomic mass is 16.6. The molecule has 0 amide bonds. The van der Waals surface area contributed by atoms with E-state index in [2.05, 4.69) is 17.1 Å². The van der Waals surface area contributed by atoms with E-state index >= 15 is 0 Å². The van der Waals surface area contributed by atoms with Gasteiger partial charge >= 0.3 is 5.97 Å². The Hall–Kier alpha value is -3.08. The summed E-state index contributed by atoms with van der Waals surface area (Å²) in [6.07, 6.45) is 4.67. The highest BCUT2D eigenvalue weighted by Gasteiger charge is 2.38. The lowest BCUT2D eigenvalue weighted by atomic mass is 9.98. The van der Waals surface area contributed by atoms with Gasteiger partial charge in [0, 0.05) is 18.4 Å². The van der Waals surface area contributed by atoms with Crippen molar-refractivity contribution in [1.29, 1.82) is 0 Å². The Morgan fingerprint density at radius 1 is 1.13 bits per heavy atom. The molecule has 0 aliphatic carbocycles. The number of benzene rings is 2. The molecule has 3 rings (SSSR count). The zero-order chi connectivity index (χ0) is 22.6. The smallest absolute Gasteiger partial charge is 0.339 e. The van der Waals surface area contributed by atoms with E-state index in [4.69, 9.17) is 4.74 Å². The van der Waals surface area contributed by atoms with E-state index in [1.165, 1.54) is 0 Å². The minimum Gasteiger partial charge on any atom is -0.456 e. The van der Waals surface area contributed by atoms with Crippen molar-refractivity contribution in [1.82, 2.24) is 10.2 Å². The van der Waals surface area contributed by atoms with Gasteiger partial charge in [0.25, 0.3) is 0 Å². The Kier molecular flexibility index (Phi) is 6.54. The van der Waals surface area contributed by atoms with Gasteiger partial charge in [0.05, 0.1) is 5.56 Å². The van der Waals surface area contributed by atoms with Crippen LogP contribution in [0, 0.1) is 0 Å². The molecule has 2 aromatic carbocycles. The van der Waals surface area contributed by atoms with Crippen LogP contribution in [0.5, 0.6) is 0 Å². The van der Waals surface area contributed by atoms with Gasteiger partial charge in [-0.05, 0) is 56.9 Å². The first-order chi connectivity index (χ1) is 14.7. The van der Waals surface area contributed by atoms with Gasteiger partial charge < -0.3 is 15.0 Å². The summed E-state index contributed by atoms with van der Waals surface area (Å²) in [6, 6.07) is 15.6. The topological polar surface area (TPSA) is 58.6 Å². The van der Waals surface area contributed by atoms with E-state index in [0.29, 0.717) is 12.1 Å². The molecule has 0 radical (unpaired) electrons. The third-order valence-electron chi connectivity index (χ3n) is 5.27. The van der Waals surface area contributed by atoms with Crippen molar-refractivity contribution in [3.8, 4) is 11.1 Å². The minimum atomic E-state index is -0.680. The largest absolute Gasteiger partial charge is 0.456 e. The summed E-state index contributed by atoms with van der Waals surface area (Å²) in [7, 11) is 0. The van der Waals surface area contributed by atoms with Gasteiger partial charge in [-0.25, -0.2) is 4.79 Å². The van der Waals surface area contributed by atoms with Crippen LogP contribution in [0.1, 0.15) is 63.4 Å². The number of allylic oxidation sites excluding steroid dienone is 1. The molecule has 1 atom stereocenters. The zero-order valence-corrected chi connectivity index (χ0v) is 19.1. The fourth-order valence-electron chi connectivity index (χ4n) is 3.96. The van der Waals surface area contributed by atoms with Crippen molar-refractivity contribution < 1.29 is 14.3 Å². The predicted molar refractivity (Wildman–Crippen MR) is 123 cm³/mol. The molecule has 0 fully saturated rings. The molecule has 0 bridgehead atoms. The molecular formula is C26H32N2O3. The number of rotatable bonds is 7. The van der Waals surface area contributed by atoms with Crippen LogP contribution in [-0.2, 0) is 16.1 Å². The van der Waals surface area contributed by atoms with Gasteiger partial charge in [-0.3, -0.25) is 4.79 Å². The van der Waals surface area contributed by atoms with Crippen LogP contribution in [0.3, 0.4) is 0 Å². The van der Waals surface area contributed by atoms with Crippen LogP contribution >= 0.6 is 0 Å². The number of ether oxygens (including phenoxy) is 1. The first-order valence-electron chi connectivity index (χ1n) is 10.8. The van der Waals surface area contributed by atoms with E-state index in [1.807, 2.05) is 76.4 Å². The fraction of sp³-hybridized carbons (Fsp3) is 0.385. The molecule has 1 unspecified atom stereocenters. The second-order valence-corrected chi connectivity index (χ2v) is 9.10. The van der Waals surface area contributed by atoms with Crippen molar-refractivity contribution >= 4 is 12.3 Å². The molecule has 5 heteroatoms. The third kappa shape index (κ3) is 5.16. The van der Waals surface area contributed by atoms with Gasteiger partial charge in [0.2, 0.25) is 0 Å². The van der Waals surface area contributed by atoms with Crippen molar-refractivity contribution in [2.45, 2.75) is 65.3 Å². The fourth-order valence-corrected chi connectivity index (χ4v) is 3.96. The van der Waals surface area contributed by atoms with E-state index in [1.54, 1.807) is 6.07 Å². The normalized spacial score (nSPS) is 18.4. The average Bonchev–Trinajstić information content (AvgIpc) is 3.02. The molecule has 164 valence electrons. The van der Waals surface area contributed by atoms with Crippen LogP contribution in [0.4, 0.5) is 0 Å². The van der Waals surface area contributed by atoms with Gasteiger partial charge in [-0.2, -0.15) is 0 Å². The lowest BCUT2D eigenvalue weighted by molar-refractivity contribution is -0.118. The number of esters is 1. The van der Waals surface area contributed by atoms with Gasteiger partial charge in [0.15, 0.2) is 11.9 Å². The molecule has 1 heterocycles. The molecule has 1 N–H and O–H groups in total. The lowest BCUT2D eigenvalue weighted by Gasteiger charge is -2.35. The average molecular weight is 421 g/mol. The molecule has 0 saturated carbocycles. The maximum Gasteiger partial charge on any atom is 0.339 e. The second-order valence-electron chi connectivity index (χ2n) is 9.10. The number of nitrogens with one attached hydrogen (secondary N) is 1. The zero-order valence-electron chi connectivity index (χ0n) is 19.1. The molecule has 5 nitrogen and oxygen atoms in total. The van der Waals surface area contributed by atoms with Crippen LogP contribution in [0.2, 0.25) is 0 Å². The summed E-state index contributed by atoms with van der Waals surface area (Å²) in [5.74, 6) is -0.328. The van der Waals surface area contributed by atoms with Crippen molar-refractivity contribution in [2.75, 3.05) is 0 Å². The molecular weight excluding hydrogens is 388 g/mol. The quantitative estimate of drug-likeness (QED) is 0.488. The van der Waals surface area contributed by atoms with Crippen molar-refractivity contribution in [2.24, 2.45) is 0 Å². The monoisotopic (exact) mass is 420 g/mol. The van der Waals surface area contributed by atoms with E-state index in [9.17, 15) is 9.59 Å². The minimum absolute atomic E-state index is 0.328. The SMILES string of the molecule is CCCC1(C=O)NC(C)=CN1Cc1ccc(-c2ccccc2C(=O)OC(C)(C)C)cc1. The first kappa shape index (κ1) is 22.6. The molecule has 2 aromatic rings. The van der Waals surface area contributed by atoms with E-state index in [0.717, 1.165) is 41.5 Å². The Bertz CT molecular complexity index is 973. The molecule has 0 spiro atoms. The Balaban J connectivity index is 1.83. The van der Waals surface area contributed by atoms with Crippen LogP contribution in [-0.4, -0.2) is 28.4 Å². The Morgan fingerprint density at radius 3 is 2.42 bits per heavy atom. The summed E-state index contributed by atoms with van der Waals surface area (Å²) in [5, 5.41) is 3.33. The van der Waals surface area contributed by atoms with Crippen LogP contribution in [0.15, 0.2) is 60.4 Å². The maximum absolute atomic E-state index is 12.7. The third-order valence-corrected chi connectivity index (χ3v) is 5.27. The van der Waals surface area contributed by atoms with Crippen LogP contribution < -0.4 is 5.32 Å². The summed E-state index contributed by atoms with van der Waals surface area (Å²) in [5.41, 5.74) is 3.20. The van der Waals surface area contributed by atoms with Crippen molar-refractivity contribution in [3.05, 3.63) is 71.6 Å². The maximum atomic E-state index is 12.7. The number of carbonyl (C=O) groups excluding carboxylic acids is 2. The Morgan fingerprint density at radius 2 is 1.81 bits per heavy atom. The molecule has 1 aliphatic heterocycles. The lowest BCUT2D eigenvalue weighted by Crippen LogP contribution is -2.52. The number of hydrogen-bond donors (Lipinski definition) is 1. The number of aldehydes is 1. The number of hydrogen-bond acceptors (Lipinski definition) is 5. The van der Waals surface area contributed by atoms with Gasteiger partial charge in [-0.15, -0.1) is 0 Å². The highest BCUT2D eigenvalue weighted by Crippen LogP contribution is 2.29. The van der Waals surface area contributed by atoms with E-state index < -0.39 is 11.3 Å². The van der Waals surface area contributed by atoms with E-state index in [-0.39, 0.29) is 5.97 Å².